The molecule has 2 aromatic carbocycles. The van der Waals surface area contributed by atoms with Crippen LogP contribution in [0.15, 0.2) is 77.6 Å². The van der Waals surface area contributed by atoms with Crippen LogP contribution < -0.4 is 0 Å². The fourth-order valence-corrected chi connectivity index (χ4v) is 2.92. The van der Waals surface area contributed by atoms with E-state index in [0.29, 0.717) is 0 Å². The zero-order chi connectivity index (χ0) is 15.2. The van der Waals surface area contributed by atoms with Crippen LogP contribution >= 0.6 is 0 Å². The number of unbranched alkanes of at least 4 members (excludes halogenated alkanes) is 1. The topological polar surface area (TPSA) is 13.1 Å². The predicted molar refractivity (Wildman–Crippen MR) is 91.1 cm³/mol. The van der Waals surface area contributed by atoms with Gasteiger partial charge in [-0.15, -0.1) is 0 Å². The van der Waals surface area contributed by atoms with Gasteiger partial charge in [0.2, 0.25) is 0 Å². The lowest BCUT2D eigenvalue weighted by molar-refractivity contribution is 0.563. The predicted octanol–water partition coefficient (Wildman–Crippen LogP) is 5.80. The molecule has 1 heteroatoms. The summed E-state index contributed by atoms with van der Waals surface area (Å²) < 4.78 is 5.32. The van der Waals surface area contributed by atoms with Gasteiger partial charge in [-0.05, 0) is 35.6 Å². The van der Waals surface area contributed by atoms with Crippen LogP contribution in [0.25, 0.3) is 0 Å². The van der Waals surface area contributed by atoms with Crippen molar-refractivity contribution in [2.75, 3.05) is 0 Å². The molecular weight excluding hydrogens is 268 g/mol. The fraction of sp³-hybridized carbons (Fsp3) is 0.238. The Labute approximate surface area is 132 Å². The smallest absolute Gasteiger partial charge is 0.0944 e. The van der Waals surface area contributed by atoms with Crippen LogP contribution in [0.3, 0.4) is 0 Å². The monoisotopic (exact) mass is 290 g/mol. The molecular formula is C21H22O. The van der Waals surface area contributed by atoms with E-state index in [9.17, 15) is 0 Å². The van der Waals surface area contributed by atoms with E-state index < -0.39 is 0 Å². The Kier molecular flexibility index (Phi) is 4.75. The van der Waals surface area contributed by atoms with Crippen molar-refractivity contribution in [2.45, 2.75) is 32.1 Å². The first-order chi connectivity index (χ1) is 10.9. The normalized spacial score (nSPS) is 12.2. The molecule has 0 saturated carbocycles. The lowest BCUT2D eigenvalue weighted by Gasteiger charge is -2.17. The van der Waals surface area contributed by atoms with Crippen LogP contribution in [0.5, 0.6) is 0 Å². The molecule has 1 atom stereocenters. The van der Waals surface area contributed by atoms with Crippen molar-refractivity contribution in [3.05, 3.63) is 95.4 Å². The molecule has 22 heavy (non-hydrogen) atoms. The highest BCUT2D eigenvalue weighted by atomic mass is 16.3. The van der Waals surface area contributed by atoms with Crippen molar-refractivity contribution >= 4 is 0 Å². The number of benzene rings is 2. The number of rotatable bonds is 6. The first-order valence-electron chi connectivity index (χ1n) is 8.04. The molecule has 0 aliphatic rings. The molecule has 0 saturated heterocycles. The molecule has 0 fully saturated rings. The summed E-state index contributed by atoms with van der Waals surface area (Å²) in [4.78, 5) is 0. The Hall–Kier alpha value is -2.28. The molecule has 3 aromatic rings. The maximum absolute atomic E-state index is 5.32. The van der Waals surface area contributed by atoms with Crippen molar-refractivity contribution in [1.29, 1.82) is 0 Å². The Morgan fingerprint density at radius 2 is 1.55 bits per heavy atom. The summed E-state index contributed by atoms with van der Waals surface area (Å²) in [7, 11) is 0. The van der Waals surface area contributed by atoms with Crippen molar-refractivity contribution < 1.29 is 4.42 Å². The summed E-state index contributed by atoms with van der Waals surface area (Å²) in [5.74, 6) is 0.236. The highest BCUT2D eigenvalue weighted by Gasteiger charge is 2.17. The first-order valence-corrected chi connectivity index (χ1v) is 8.04. The van der Waals surface area contributed by atoms with E-state index >= 15 is 0 Å². The van der Waals surface area contributed by atoms with E-state index in [-0.39, 0.29) is 5.92 Å². The minimum absolute atomic E-state index is 0.236. The van der Waals surface area contributed by atoms with Gasteiger partial charge < -0.3 is 4.42 Å². The Morgan fingerprint density at radius 3 is 2.18 bits per heavy atom. The second-order valence-electron chi connectivity index (χ2n) is 5.75. The van der Waals surface area contributed by atoms with Gasteiger partial charge in [0.15, 0.2) is 0 Å². The average molecular weight is 290 g/mol. The molecule has 1 aromatic heterocycles. The average Bonchev–Trinajstić information content (AvgIpc) is 3.09. The maximum Gasteiger partial charge on any atom is 0.0944 e. The van der Waals surface area contributed by atoms with E-state index in [1.807, 2.05) is 6.26 Å². The van der Waals surface area contributed by atoms with Crippen LogP contribution in [-0.2, 0) is 6.42 Å². The molecule has 1 nitrogen and oxygen atoms in total. The Morgan fingerprint density at radius 1 is 0.818 bits per heavy atom. The van der Waals surface area contributed by atoms with Gasteiger partial charge in [0.1, 0.15) is 0 Å². The standard InChI is InChI=1S/C21H22O/c1-2-3-7-17-10-12-19(13-11-17)21(20-14-15-22-16-20)18-8-5-4-6-9-18/h4-6,8-16,21H,2-3,7H2,1H3. The van der Waals surface area contributed by atoms with Gasteiger partial charge >= 0.3 is 0 Å². The van der Waals surface area contributed by atoms with Gasteiger partial charge in [-0.25, -0.2) is 0 Å². The summed E-state index contributed by atoms with van der Waals surface area (Å²) >= 11 is 0. The molecule has 0 aliphatic heterocycles. The molecule has 3 rings (SSSR count). The van der Waals surface area contributed by atoms with Crippen molar-refractivity contribution in [1.82, 2.24) is 0 Å². The summed E-state index contributed by atoms with van der Waals surface area (Å²) in [6.07, 6.45) is 7.26. The zero-order valence-corrected chi connectivity index (χ0v) is 13.0. The van der Waals surface area contributed by atoms with Crippen molar-refractivity contribution in [2.24, 2.45) is 0 Å². The Bertz CT molecular complexity index is 666. The summed E-state index contributed by atoms with van der Waals surface area (Å²) in [5.41, 5.74) is 5.23. The van der Waals surface area contributed by atoms with E-state index in [4.69, 9.17) is 4.42 Å². The minimum Gasteiger partial charge on any atom is -0.472 e. The summed E-state index contributed by atoms with van der Waals surface area (Å²) in [6.45, 7) is 2.23. The SMILES string of the molecule is CCCCc1ccc(C(c2ccccc2)c2ccoc2)cc1. The lowest BCUT2D eigenvalue weighted by atomic mass is 9.86. The summed E-state index contributed by atoms with van der Waals surface area (Å²) in [5, 5.41) is 0. The van der Waals surface area contributed by atoms with Crippen molar-refractivity contribution in [3.8, 4) is 0 Å². The molecule has 1 unspecified atom stereocenters. The van der Waals surface area contributed by atoms with Gasteiger partial charge in [-0.3, -0.25) is 0 Å². The van der Waals surface area contributed by atoms with Gasteiger partial charge in [0.05, 0.1) is 12.5 Å². The molecule has 0 N–H and O–H groups in total. The molecule has 0 radical (unpaired) electrons. The number of hydrogen-bond donors (Lipinski definition) is 0. The maximum atomic E-state index is 5.32. The van der Waals surface area contributed by atoms with Crippen LogP contribution in [0.4, 0.5) is 0 Å². The van der Waals surface area contributed by atoms with Gasteiger partial charge in [-0.2, -0.15) is 0 Å². The van der Waals surface area contributed by atoms with Crippen LogP contribution in [0.2, 0.25) is 0 Å². The van der Waals surface area contributed by atoms with Gasteiger partial charge in [0.25, 0.3) is 0 Å². The molecule has 0 bridgehead atoms. The van der Waals surface area contributed by atoms with E-state index in [0.717, 1.165) is 0 Å². The second-order valence-corrected chi connectivity index (χ2v) is 5.75. The van der Waals surface area contributed by atoms with E-state index in [1.54, 1.807) is 6.26 Å². The summed E-state index contributed by atoms with van der Waals surface area (Å²) in [6, 6.07) is 21.7. The third kappa shape index (κ3) is 3.30. The highest BCUT2D eigenvalue weighted by Crippen LogP contribution is 2.32. The molecule has 1 heterocycles. The number of hydrogen-bond acceptors (Lipinski definition) is 1. The first kappa shape index (κ1) is 14.6. The molecule has 0 amide bonds. The van der Waals surface area contributed by atoms with E-state index in [2.05, 4.69) is 67.6 Å². The third-order valence-electron chi connectivity index (χ3n) is 4.14. The highest BCUT2D eigenvalue weighted by molar-refractivity contribution is 5.42. The number of aryl methyl sites for hydroxylation is 1. The molecule has 112 valence electrons. The van der Waals surface area contributed by atoms with Crippen LogP contribution in [-0.4, -0.2) is 0 Å². The number of furan rings is 1. The lowest BCUT2D eigenvalue weighted by Crippen LogP contribution is -2.02. The third-order valence-corrected chi connectivity index (χ3v) is 4.14. The van der Waals surface area contributed by atoms with Crippen molar-refractivity contribution in [3.63, 3.8) is 0 Å². The zero-order valence-electron chi connectivity index (χ0n) is 13.0. The fourth-order valence-electron chi connectivity index (χ4n) is 2.92. The minimum atomic E-state index is 0.236. The quantitative estimate of drug-likeness (QED) is 0.559. The largest absolute Gasteiger partial charge is 0.472 e. The van der Waals surface area contributed by atoms with E-state index in [1.165, 1.54) is 41.5 Å². The second kappa shape index (κ2) is 7.13. The van der Waals surface area contributed by atoms with Crippen LogP contribution in [0, 0.1) is 0 Å². The van der Waals surface area contributed by atoms with Gasteiger partial charge in [0, 0.05) is 11.5 Å². The molecule has 0 aliphatic carbocycles. The molecule has 0 spiro atoms. The van der Waals surface area contributed by atoms with Crippen LogP contribution in [0.1, 0.15) is 47.9 Å². The van der Waals surface area contributed by atoms with Gasteiger partial charge in [-0.1, -0.05) is 67.9 Å². The Balaban J connectivity index is 1.93.